The summed E-state index contributed by atoms with van der Waals surface area (Å²) < 4.78 is 10.9. The SMILES string of the molecule is CC(c1ccco1)N(C)C(=O)c1cc(=O)c2ccccc2o1. The molecule has 5 nitrogen and oxygen atoms in total. The predicted molar refractivity (Wildman–Crippen MR) is 81.7 cm³/mol. The van der Waals surface area contributed by atoms with Crippen molar-refractivity contribution in [2.45, 2.75) is 13.0 Å². The fraction of sp³-hybridized carbons (Fsp3) is 0.176. The van der Waals surface area contributed by atoms with Gasteiger partial charge in [-0.3, -0.25) is 9.59 Å². The van der Waals surface area contributed by atoms with E-state index in [4.69, 9.17) is 8.83 Å². The highest BCUT2D eigenvalue weighted by molar-refractivity contribution is 5.93. The van der Waals surface area contributed by atoms with Crippen LogP contribution in [0.1, 0.15) is 29.3 Å². The van der Waals surface area contributed by atoms with Crippen molar-refractivity contribution in [1.82, 2.24) is 4.90 Å². The topological polar surface area (TPSA) is 63.7 Å². The van der Waals surface area contributed by atoms with Gasteiger partial charge in [0.25, 0.3) is 5.91 Å². The monoisotopic (exact) mass is 297 g/mol. The van der Waals surface area contributed by atoms with E-state index in [2.05, 4.69) is 0 Å². The number of carbonyl (C=O) groups is 1. The van der Waals surface area contributed by atoms with Gasteiger partial charge in [0.2, 0.25) is 0 Å². The van der Waals surface area contributed by atoms with Gasteiger partial charge in [0.15, 0.2) is 11.2 Å². The average Bonchev–Trinajstić information content (AvgIpc) is 3.07. The Balaban J connectivity index is 1.96. The third kappa shape index (κ3) is 2.41. The smallest absolute Gasteiger partial charge is 0.290 e. The van der Waals surface area contributed by atoms with Crippen LogP contribution in [0, 0.1) is 0 Å². The van der Waals surface area contributed by atoms with Crippen molar-refractivity contribution >= 4 is 16.9 Å². The fourth-order valence-electron chi connectivity index (χ4n) is 2.28. The molecule has 0 aliphatic heterocycles. The van der Waals surface area contributed by atoms with Crippen LogP contribution < -0.4 is 5.43 Å². The molecule has 1 unspecified atom stereocenters. The van der Waals surface area contributed by atoms with Crippen molar-refractivity contribution < 1.29 is 13.6 Å². The molecule has 0 saturated heterocycles. The first-order chi connectivity index (χ1) is 10.6. The molecule has 0 saturated carbocycles. The van der Waals surface area contributed by atoms with Crippen LogP contribution in [-0.2, 0) is 0 Å². The minimum atomic E-state index is -0.369. The summed E-state index contributed by atoms with van der Waals surface area (Å²) in [5, 5.41) is 0.459. The van der Waals surface area contributed by atoms with Crippen molar-refractivity contribution in [2.24, 2.45) is 0 Å². The molecule has 1 aromatic carbocycles. The highest BCUT2D eigenvalue weighted by atomic mass is 16.3. The van der Waals surface area contributed by atoms with Gasteiger partial charge in [-0.15, -0.1) is 0 Å². The molecule has 3 aromatic rings. The van der Waals surface area contributed by atoms with Crippen LogP contribution in [0.3, 0.4) is 0 Å². The third-order valence-corrected chi connectivity index (χ3v) is 3.70. The van der Waals surface area contributed by atoms with Crippen LogP contribution in [0.15, 0.2) is 62.4 Å². The van der Waals surface area contributed by atoms with E-state index < -0.39 is 0 Å². The second-order valence-electron chi connectivity index (χ2n) is 5.08. The third-order valence-electron chi connectivity index (χ3n) is 3.70. The number of rotatable bonds is 3. The number of para-hydroxylation sites is 1. The number of benzene rings is 1. The molecule has 1 atom stereocenters. The Kier molecular flexibility index (Phi) is 3.55. The second kappa shape index (κ2) is 5.52. The largest absolute Gasteiger partial charge is 0.467 e. The molecule has 0 aliphatic rings. The Labute approximate surface area is 126 Å². The molecule has 5 heteroatoms. The van der Waals surface area contributed by atoms with E-state index in [0.717, 1.165) is 0 Å². The summed E-state index contributed by atoms with van der Waals surface area (Å²) in [6, 6.07) is 11.4. The zero-order valence-corrected chi connectivity index (χ0v) is 12.3. The van der Waals surface area contributed by atoms with Crippen LogP contribution >= 0.6 is 0 Å². The van der Waals surface area contributed by atoms with Crippen molar-refractivity contribution in [1.29, 1.82) is 0 Å². The summed E-state index contributed by atoms with van der Waals surface area (Å²) in [4.78, 5) is 26.1. The minimum absolute atomic E-state index is 0.0182. The number of fused-ring (bicyclic) bond motifs is 1. The highest BCUT2D eigenvalue weighted by Crippen LogP contribution is 2.21. The van der Waals surface area contributed by atoms with E-state index in [-0.39, 0.29) is 23.1 Å². The molecule has 0 radical (unpaired) electrons. The Morgan fingerprint density at radius 3 is 2.68 bits per heavy atom. The maximum Gasteiger partial charge on any atom is 0.290 e. The first kappa shape index (κ1) is 14.1. The van der Waals surface area contributed by atoms with E-state index in [1.807, 2.05) is 6.92 Å². The number of hydrogen-bond acceptors (Lipinski definition) is 4. The van der Waals surface area contributed by atoms with Gasteiger partial charge in [-0.05, 0) is 31.2 Å². The van der Waals surface area contributed by atoms with Crippen molar-refractivity contribution in [3.05, 3.63) is 70.5 Å². The molecule has 0 fully saturated rings. The number of nitrogens with zero attached hydrogens (tertiary/aromatic N) is 1. The number of hydrogen-bond donors (Lipinski definition) is 0. The van der Waals surface area contributed by atoms with Crippen molar-refractivity contribution in [3.8, 4) is 0 Å². The van der Waals surface area contributed by atoms with Gasteiger partial charge in [0.05, 0.1) is 17.7 Å². The standard InChI is InChI=1S/C17H15NO4/c1-11(14-8-5-9-21-14)18(2)17(20)16-10-13(19)12-6-3-4-7-15(12)22-16/h3-11H,1-2H3. The lowest BCUT2D eigenvalue weighted by Gasteiger charge is -2.22. The minimum Gasteiger partial charge on any atom is -0.467 e. The van der Waals surface area contributed by atoms with E-state index in [1.54, 1.807) is 49.7 Å². The van der Waals surface area contributed by atoms with E-state index >= 15 is 0 Å². The molecule has 112 valence electrons. The Bertz CT molecular complexity index is 864. The number of furan rings is 1. The van der Waals surface area contributed by atoms with Gasteiger partial charge in [-0.25, -0.2) is 0 Å². The first-order valence-corrected chi connectivity index (χ1v) is 6.91. The molecular weight excluding hydrogens is 282 g/mol. The second-order valence-corrected chi connectivity index (χ2v) is 5.08. The lowest BCUT2D eigenvalue weighted by atomic mass is 10.2. The summed E-state index contributed by atoms with van der Waals surface area (Å²) in [7, 11) is 1.64. The Morgan fingerprint density at radius 2 is 1.95 bits per heavy atom. The van der Waals surface area contributed by atoms with Crippen LogP contribution in [0.25, 0.3) is 11.0 Å². The van der Waals surface area contributed by atoms with Crippen molar-refractivity contribution in [2.75, 3.05) is 7.05 Å². The summed E-state index contributed by atoms with van der Waals surface area (Å²) in [6.07, 6.45) is 1.56. The predicted octanol–water partition coefficient (Wildman–Crippen LogP) is 3.22. The average molecular weight is 297 g/mol. The first-order valence-electron chi connectivity index (χ1n) is 6.91. The summed E-state index contributed by atoms with van der Waals surface area (Å²) in [6.45, 7) is 1.84. The maximum atomic E-state index is 12.5. The van der Waals surface area contributed by atoms with Crippen LogP contribution in [-0.4, -0.2) is 17.9 Å². The molecule has 3 rings (SSSR count). The zero-order valence-electron chi connectivity index (χ0n) is 12.3. The maximum absolute atomic E-state index is 12.5. The molecule has 22 heavy (non-hydrogen) atoms. The fourth-order valence-corrected chi connectivity index (χ4v) is 2.28. The quantitative estimate of drug-likeness (QED) is 0.744. The van der Waals surface area contributed by atoms with Crippen LogP contribution in [0.2, 0.25) is 0 Å². The molecule has 0 aliphatic carbocycles. The lowest BCUT2D eigenvalue weighted by molar-refractivity contribution is 0.0694. The van der Waals surface area contributed by atoms with E-state index in [1.165, 1.54) is 11.0 Å². The van der Waals surface area contributed by atoms with E-state index in [9.17, 15) is 9.59 Å². The molecule has 0 bridgehead atoms. The summed E-state index contributed by atoms with van der Waals surface area (Å²) >= 11 is 0. The van der Waals surface area contributed by atoms with Crippen molar-refractivity contribution in [3.63, 3.8) is 0 Å². The number of amides is 1. The van der Waals surface area contributed by atoms with E-state index in [0.29, 0.717) is 16.7 Å². The molecule has 0 N–H and O–H groups in total. The van der Waals surface area contributed by atoms with Gasteiger partial charge in [0.1, 0.15) is 11.3 Å². The van der Waals surface area contributed by atoms with Gasteiger partial charge in [-0.2, -0.15) is 0 Å². The normalized spacial score (nSPS) is 12.3. The van der Waals surface area contributed by atoms with Gasteiger partial charge < -0.3 is 13.7 Å². The molecule has 2 heterocycles. The van der Waals surface area contributed by atoms with Gasteiger partial charge in [0, 0.05) is 13.1 Å². The lowest BCUT2D eigenvalue weighted by Crippen LogP contribution is -2.30. The Morgan fingerprint density at radius 1 is 1.18 bits per heavy atom. The number of carbonyl (C=O) groups excluding carboxylic acids is 1. The highest BCUT2D eigenvalue weighted by Gasteiger charge is 2.23. The van der Waals surface area contributed by atoms with Gasteiger partial charge in [-0.1, -0.05) is 12.1 Å². The molecule has 0 spiro atoms. The molecule has 1 amide bonds. The molecule has 2 aromatic heterocycles. The Hall–Kier alpha value is -2.82. The van der Waals surface area contributed by atoms with Gasteiger partial charge >= 0.3 is 0 Å². The summed E-state index contributed by atoms with van der Waals surface area (Å²) in [5.74, 6) is 0.315. The molecular formula is C17H15NO4. The zero-order chi connectivity index (χ0) is 15.7. The van der Waals surface area contributed by atoms with Crippen LogP contribution in [0.4, 0.5) is 0 Å². The van der Waals surface area contributed by atoms with Crippen LogP contribution in [0.5, 0.6) is 0 Å². The summed E-state index contributed by atoms with van der Waals surface area (Å²) in [5.41, 5.74) is 0.168.